The zero-order valence-electron chi connectivity index (χ0n) is 4.35. The maximum Gasteiger partial charge on any atom is 0.229 e. The highest BCUT2D eigenvalue weighted by Crippen LogP contribution is 1.97. The second-order valence-corrected chi connectivity index (χ2v) is 2.03. The summed E-state index contributed by atoms with van der Waals surface area (Å²) in [6, 6.07) is 0. The molecule has 0 spiro atoms. The minimum absolute atomic E-state index is 0.525. The Hall–Kier alpha value is -0.600. The average molecular weight is 101 g/mol. The van der Waals surface area contributed by atoms with Gasteiger partial charge in [-0.1, -0.05) is 6.92 Å². The Kier molecular flexibility index (Phi) is 0.964. The van der Waals surface area contributed by atoms with Crippen LogP contribution in [0.4, 0.5) is 0 Å². The molecular weight excluding hydrogens is 92.1 g/mol. The van der Waals surface area contributed by atoms with Crippen LogP contribution in [0, 0.1) is 10.8 Å². The normalized spacial score (nSPS) is 30.4. The third kappa shape index (κ3) is 0.885. The molecule has 1 unspecified atom stereocenters. The van der Waals surface area contributed by atoms with Crippen LogP contribution in [-0.2, 0) is 0 Å². The summed E-state index contributed by atoms with van der Waals surface area (Å²) >= 11 is 0. The van der Waals surface area contributed by atoms with E-state index in [9.17, 15) is 4.91 Å². The first-order valence-electron chi connectivity index (χ1n) is 2.47. The van der Waals surface area contributed by atoms with Crippen LogP contribution in [0.15, 0.2) is 0 Å². The van der Waals surface area contributed by atoms with Crippen LogP contribution < -0.4 is 5.43 Å². The first-order chi connectivity index (χ1) is 3.29. The fraction of sp³-hybridized carbons (Fsp3) is 1.00. The maximum absolute atomic E-state index is 10.3. The number of hydrazine groups is 1. The lowest BCUT2D eigenvalue weighted by Gasteiger charge is -1.80. The van der Waals surface area contributed by atoms with Crippen molar-refractivity contribution in [3.8, 4) is 0 Å². The molecule has 0 aromatic heterocycles. The molecule has 1 rings (SSSR count). The Morgan fingerprint density at radius 2 is 2.57 bits per heavy atom. The second-order valence-electron chi connectivity index (χ2n) is 2.03. The molecular formula is C4H9N2O+. The lowest BCUT2D eigenvalue weighted by atomic mass is 10.2. The van der Waals surface area contributed by atoms with Gasteiger partial charge in [0.25, 0.3) is 0 Å². The first kappa shape index (κ1) is 4.56. The summed E-state index contributed by atoms with van der Waals surface area (Å²) in [5, 5.41) is 0. The fourth-order valence-corrected chi connectivity index (χ4v) is 0.670. The highest BCUT2D eigenvalue weighted by atomic mass is 16.3. The van der Waals surface area contributed by atoms with Crippen molar-refractivity contribution in [3.05, 3.63) is 4.91 Å². The van der Waals surface area contributed by atoms with Crippen LogP contribution in [0.1, 0.15) is 6.92 Å². The maximum atomic E-state index is 10.3. The van der Waals surface area contributed by atoms with E-state index in [0.717, 1.165) is 11.4 Å². The molecule has 0 aliphatic carbocycles. The summed E-state index contributed by atoms with van der Waals surface area (Å²) in [5.74, 6) is 0.525. The lowest BCUT2D eigenvalue weighted by Crippen LogP contribution is -2.15. The fourth-order valence-electron chi connectivity index (χ4n) is 0.670. The largest absolute Gasteiger partial charge is 0.229 e. The van der Waals surface area contributed by atoms with Gasteiger partial charge >= 0.3 is 0 Å². The second kappa shape index (κ2) is 1.48. The van der Waals surface area contributed by atoms with Crippen molar-refractivity contribution in [1.82, 2.24) is 5.43 Å². The van der Waals surface area contributed by atoms with Gasteiger partial charge in [0.15, 0.2) is 0 Å². The van der Waals surface area contributed by atoms with Gasteiger partial charge in [0, 0.05) is 5.92 Å². The number of rotatable bonds is 0. The van der Waals surface area contributed by atoms with Gasteiger partial charge in [-0.2, -0.15) is 5.43 Å². The molecule has 1 aliphatic heterocycles. The molecule has 0 aromatic rings. The molecule has 0 saturated carbocycles. The van der Waals surface area contributed by atoms with Crippen LogP contribution >= 0.6 is 0 Å². The van der Waals surface area contributed by atoms with Gasteiger partial charge in [0.2, 0.25) is 6.54 Å². The summed E-state index contributed by atoms with van der Waals surface area (Å²) in [5.41, 5.74) is 2.65. The quantitative estimate of drug-likeness (QED) is 0.433. The summed E-state index contributed by atoms with van der Waals surface area (Å²) in [6.07, 6.45) is 0. The van der Waals surface area contributed by atoms with E-state index in [2.05, 4.69) is 5.43 Å². The minimum atomic E-state index is 0.525. The Labute approximate surface area is 42.3 Å². The Balaban J connectivity index is 2.40. The molecule has 1 saturated heterocycles. The van der Waals surface area contributed by atoms with Crippen molar-refractivity contribution in [2.45, 2.75) is 6.92 Å². The van der Waals surface area contributed by atoms with E-state index in [1.165, 1.54) is 0 Å². The molecule has 1 atom stereocenters. The Bertz CT molecular complexity index is 91.7. The van der Waals surface area contributed by atoms with Crippen LogP contribution in [0.25, 0.3) is 0 Å². The topological polar surface area (TPSA) is 32.1 Å². The number of nitroso groups, excluding NO2 is 1. The standard InChI is InChI=1S/C4H9N2O/c1-4-2-5-6(7)3-4/h4H,2-3H2,1H3,(H,5,7)/q+1. The summed E-state index contributed by atoms with van der Waals surface area (Å²) in [4.78, 5) is 11.1. The molecule has 7 heavy (non-hydrogen) atoms. The molecule has 1 aliphatic rings. The molecule has 1 heterocycles. The first-order valence-corrected chi connectivity index (χ1v) is 2.47. The number of hydrogen-bond acceptors (Lipinski definition) is 1. The minimum Gasteiger partial charge on any atom is -0.153 e. The summed E-state index contributed by atoms with van der Waals surface area (Å²) < 4.78 is 0. The predicted octanol–water partition coefficient (Wildman–Crippen LogP) is -0.0804. The van der Waals surface area contributed by atoms with Crippen LogP contribution in [0.5, 0.6) is 0 Å². The van der Waals surface area contributed by atoms with Gasteiger partial charge in [-0.15, -0.1) is 0 Å². The van der Waals surface area contributed by atoms with E-state index < -0.39 is 0 Å². The number of nitrogens with zero attached hydrogens (tertiary/aromatic N) is 1. The third-order valence-corrected chi connectivity index (χ3v) is 1.09. The zero-order valence-corrected chi connectivity index (χ0v) is 4.35. The van der Waals surface area contributed by atoms with E-state index in [1.54, 1.807) is 0 Å². The van der Waals surface area contributed by atoms with Crippen LogP contribution in [0.3, 0.4) is 0 Å². The van der Waals surface area contributed by atoms with E-state index in [4.69, 9.17) is 0 Å². The highest BCUT2D eigenvalue weighted by molar-refractivity contribution is 4.53. The van der Waals surface area contributed by atoms with Gasteiger partial charge < -0.3 is 0 Å². The van der Waals surface area contributed by atoms with Gasteiger partial charge in [0.1, 0.15) is 4.87 Å². The highest BCUT2D eigenvalue weighted by Gasteiger charge is 2.23. The molecule has 3 nitrogen and oxygen atoms in total. The molecule has 0 aromatic carbocycles. The van der Waals surface area contributed by atoms with E-state index in [0.29, 0.717) is 12.5 Å². The Morgan fingerprint density at radius 3 is 2.71 bits per heavy atom. The van der Waals surface area contributed by atoms with Crippen LogP contribution in [-0.4, -0.2) is 18.0 Å². The van der Waals surface area contributed by atoms with E-state index in [1.807, 2.05) is 6.92 Å². The van der Waals surface area contributed by atoms with Crippen molar-refractivity contribution in [2.75, 3.05) is 13.1 Å². The van der Waals surface area contributed by atoms with Crippen molar-refractivity contribution < 1.29 is 4.87 Å². The molecule has 0 bridgehead atoms. The molecule has 0 amide bonds. The average Bonchev–Trinajstić information content (AvgIpc) is 1.87. The summed E-state index contributed by atoms with van der Waals surface area (Å²) in [7, 11) is 0. The molecule has 1 fully saturated rings. The van der Waals surface area contributed by atoms with Gasteiger partial charge in [-0.25, -0.2) is 0 Å². The van der Waals surface area contributed by atoms with Crippen LogP contribution in [0.2, 0.25) is 0 Å². The summed E-state index contributed by atoms with van der Waals surface area (Å²) in [6.45, 7) is 3.52. The third-order valence-electron chi connectivity index (χ3n) is 1.09. The Morgan fingerprint density at radius 1 is 1.86 bits per heavy atom. The molecule has 3 heteroatoms. The monoisotopic (exact) mass is 101 g/mol. The molecule has 0 radical (unpaired) electrons. The van der Waals surface area contributed by atoms with E-state index >= 15 is 0 Å². The van der Waals surface area contributed by atoms with Crippen molar-refractivity contribution in [3.63, 3.8) is 0 Å². The molecule has 1 N–H and O–H groups in total. The smallest absolute Gasteiger partial charge is 0.153 e. The van der Waals surface area contributed by atoms with Crippen molar-refractivity contribution in [1.29, 1.82) is 0 Å². The number of hydrogen-bond donors (Lipinski definition) is 1. The van der Waals surface area contributed by atoms with Crippen molar-refractivity contribution >= 4 is 0 Å². The SMILES string of the molecule is CC1CN[N+](=O)C1. The lowest BCUT2D eigenvalue weighted by molar-refractivity contribution is -0.587. The van der Waals surface area contributed by atoms with Gasteiger partial charge in [-0.3, -0.25) is 0 Å². The number of nitrogens with one attached hydrogen (secondary N) is 1. The zero-order chi connectivity index (χ0) is 5.28. The van der Waals surface area contributed by atoms with Crippen molar-refractivity contribution in [2.24, 2.45) is 5.92 Å². The molecule has 40 valence electrons. The van der Waals surface area contributed by atoms with Gasteiger partial charge in [0.05, 0.1) is 11.5 Å². The predicted molar refractivity (Wildman–Crippen MR) is 25.7 cm³/mol. The van der Waals surface area contributed by atoms with E-state index in [-0.39, 0.29) is 0 Å². The van der Waals surface area contributed by atoms with Gasteiger partial charge in [-0.05, 0) is 0 Å².